The molecule has 0 bridgehead atoms. The van der Waals surface area contributed by atoms with Gasteiger partial charge in [-0.05, 0) is 25.3 Å². The predicted octanol–water partition coefficient (Wildman–Crippen LogP) is 2.13. The van der Waals surface area contributed by atoms with Crippen molar-refractivity contribution in [1.82, 2.24) is 4.90 Å². The van der Waals surface area contributed by atoms with Crippen LogP contribution in [-0.4, -0.2) is 27.9 Å². The molecule has 0 heterocycles. The van der Waals surface area contributed by atoms with Crippen LogP contribution in [0.5, 0.6) is 0 Å². The lowest BCUT2D eigenvalue weighted by molar-refractivity contribution is -0.132. The van der Waals surface area contributed by atoms with E-state index in [0.717, 1.165) is 30.6 Å². The van der Waals surface area contributed by atoms with E-state index in [4.69, 9.17) is 5.11 Å². The Hall–Kier alpha value is -2.10. The summed E-state index contributed by atoms with van der Waals surface area (Å²) in [5, 5.41) is 8.56. The van der Waals surface area contributed by atoms with E-state index >= 15 is 0 Å². The standard InChI is InChI=1S/C15H17NO3/c1-11-2-4-12(5-3-11)10-16(13-6-7-13)14(17)8-9-15(18)19/h2-5,8-9,13H,6-7,10H2,1H3,(H,18,19)/b9-8+. The first-order chi connectivity index (χ1) is 9.06. The summed E-state index contributed by atoms with van der Waals surface area (Å²) in [5.41, 5.74) is 2.24. The van der Waals surface area contributed by atoms with E-state index in [0.29, 0.717) is 6.54 Å². The second-order valence-electron chi connectivity index (χ2n) is 4.85. The molecule has 1 saturated carbocycles. The smallest absolute Gasteiger partial charge is 0.328 e. The fourth-order valence-corrected chi connectivity index (χ4v) is 1.90. The molecule has 0 radical (unpaired) electrons. The molecule has 2 rings (SSSR count). The maximum Gasteiger partial charge on any atom is 0.328 e. The third-order valence-electron chi connectivity index (χ3n) is 3.11. The van der Waals surface area contributed by atoms with E-state index in [1.54, 1.807) is 4.90 Å². The molecule has 1 aromatic carbocycles. The molecule has 0 aliphatic heterocycles. The van der Waals surface area contributed by atoms with Crippen molar-refractivity contribution in [2.45, 2.75) is 32.4 Å². The van der Waals surface area contributed by atoms with Gasteiger partial charge < -0.3 is 10.0 Å². The van der Waals surface area contributed by atoms with Gasteiger partial charge in [0.2, 0.25) is 5.91 Å². The van der Waals surface area contributed by atoms with Gasteiger partial charge in [0, 0.05) is 24.7 Å². The Morgan fingerprint density at radius 3 is 2.42 bits per heavy atom. The zero-order valence-electron chi connectivity index (χ0n) is 10.9. The zero-order chi connectivity index (χ0) is 13.8. The molecule has 0 atom stereocenters. The van der Waals surface area contributed by atoms with Gasteiger partial charge in [-0.15, -0.1) is 0 Å². The highest BCUT2D eigenvalue weighted by Crippen LogP contribution is 2.28. The number of nitrogens with zero attached hydrogens (tertiary/aromatic N) is 1. The Kier molecular flexibility index (Phi) is 4.00. The van der Waals surface area contributed by atoms with Crippen LogP contribution in [0.25, 0.3) is 0 Å². The number of carboxylic acids is 1. The van der Waals surface area contributed by atoms with Crippen molar-refractivity contribution in [2.24, 2.45) is 0 Å². The van der Waals surface area contributed by atoms with Gasteiger partial charge in [0.25, 0.3) is 0 Å². The van der Waals surface area contributed by atoms with Gasteiger partial charge >= 0.3 is 5.97 Å². The van der Waals surface area contributed by atoms with Gasteiger partial charge in [-0.3, -0.25) is 4.79 Å². The number of carbonyl (C=O) groups is 2. The Balaban J connectivity index is 2.06. The summed E-state index contributed by atoms with van der Waals surface area (Å²) in [6.07, 6.45) is 4.03. The number of carbonyl (C=O) groups excluding carboxylic acids is 1. The minimum Gasteiger partial charge on any atom is -0.478 e. The van der Waals surface area contributed by atoms with Crippen LogP contribution in [0.1, 0.15) is 24.0 Å². The summed E-state index contributed by atoms with van der Waals surface area (Å²) in [5.74, 6) is -1.33. The van der Waals surface area contributed by atoms with Crippen LogP contribution in [0, 0.1) is 6.92 Å². The Labute approximate surface area is 112 Å². The van der Waals surface area contributed by atoms with Crippen LogP contribution >= 0.6 is 0 Å². The van der Waals surface area contributed by atoms with E-state index < -0.39 is 5.97 Å². The number of hydrogen-bond donors (Lipinski definition) is 1. The number of aryl methyl sites for hydroxylation is 1. The quantitative estimate of drug-likeness (QED) is 0.824. The molecular formula is C15H17NO3. The third-order valence-corrected chi connectivity index (χ3v) is 3.11. The molecule has 4 heteroatoms. The Morgan fingerprint density at radius 2 is 1.89 bits per heavy atom. The number of aliphatic carboxylic acids is 1. The van der Waals surface area contributed by atoms with Crippen molar-refractivity contribution >= 4 is 11.9 Å². The molecule has 1 aliphatic carbocycles. The average molecular weight is 259 g/mol. The van der Waals surface area contributed by atoms with Crippen molar-refractivity contribution in [3.8, 4) is 0 Å². The molecule has 1 N–H and O–H groups in total. The second kappa shape index (κ2) is 5.69. The normalized spacial score (nSPS) is 14.6. The molecule has 1 fully saturated rings. The first-order valence-corrected chi connectivity index (χ1v) is 6.33. The first kappa shape index (κ1) is 13.3. The minimum atomic E-state index is -1.10. The van der Waals surface area contributed by atoms with E-state index in [2.05, 4.69) is 0 Å². The summed E-state index contributed by atoms with van der Waals surface area (Å²) < 4.78 is 0. The highest BCUT2D eigenvalue weighted by atomic mass is 16.4. The van der Waals surface area contributed by atoms with Crippen molar-refractivity contribution in [2.75, 3.05) is 0 Å². The number of carboxylic acid groups (broad SMARTS) is 1. The molecule has 1 aliphatic rings. The van der Waals surface area contributed by atoms with Crippen LogP contribution in [0.15, 0.2) is 36.4 Å². The summed E-state index contributed by atoms with van der Waals surface area (Å²) in [6.45, 7) is 2.55. The van der Waals surface area contributed by atoms with Crippen molar-refractivity contribution in [3.63, 3.8) is 0 Å². The predicted molar refractivity (Wildman–Crippen MR) is 71.5 cm³/mol. The lowest BCUT2D eigenvalue weighted by Gasteiger charge is -2.21. The van der Waals surface area contributed by atoms with Gasteiger partial charge in [0.05, 0.1) is 0 Å². The number of benzene rings is 1. The summed E-state index contributed by atoms with van der Waals surface area (Å²) in [7, 11) is 0. The van der Waals surface area contributed by atoms with E-state index in [-0.39, 0.29) is 11.9 Å². The molecular weight excluding hydrogens is 242 g/mol. The van der Waals surface area contributed by atoms with Crippen LogP contribution < -0.4 is 0 Å². The highest BCUT2D eigenvalue weighted by molar-refractivity contribution is 5.94. The topological polar surface area (TPSA) is 57.6 Å². The molecule has 0 aromatic heterocycles. The molecule has 1 amide bonds. The summed E-state index contributed by atoms with van der Waals surface area (Å²) >= 11 is 0. The van der Waals surface area contributed by atoms with Gasteiger partial charge in [-0.1, -0.05) is 29.8 Å². The zero-order valence-corrected chi connectivity index (χ0v) is 10.9. The third kappa shape index (κ3) is 3.95. The van der Waals surface area contributed by atoms with Crippen LogP contribution in [-0.2, 0) is 16.1 Å². The first-order valence-electron chi connectivity index (χ1n) is 6.33. The molecule has 19 heavy (non-hydrogen) atoms. The summed E-state index contributed by atoms with van der Waals surface area (Å²) in [6, 6.07) is 8.28. The number of amides is 1. The van der Waals surface area contributed by atoms with E-state index in [1.165, 1.54) is 5.56 Å². The Morgan fingerprint density at radius 1 is 1.26 bits per heavy atom. The molecule has 100 valence electrons. The SMILES string of the molecule is Cc1ccc(CN(C(=O)/C=C/C(=O)O)C2CC2)cc1. The highest BCUT2D eigenvalue weighted by Gasteiger charge is 2.31. The molecule has 0 unspecified atom stereocenters. The van der Waals surface area contributed by atoms with Crippen LogP contribution in [0.4, 0.5) is 0 Å². The fraction of sp³-hybridized carbons (Fsp3) is 0.333. The second-order valence-corrected chi connectivity index (χ2v) is 4.85. The summed E-state index contributed by atoms with van der Waals surface area (Å²) in [4.78, 5) is 24.2. The van der Waals surface area contributed by atoms with Gasteiger partial charge in [-0.2, -0.15) is 0 Å². The van der Waals surface area contributed by atoms with Gasteiger partial charge in [-0.25, -0.2) is 4.79 Å². The van der Waals surface area contributed by atoms with Crippen molar-refractivity contribution < 1.29 is 14.7 Å². The van der Waals surface area contributed by atoms with Gasteiger partial charge in [0.1, 0.15) is 0 Å². The van der Waals surface area contributed by atoms with Crippen LogP contribution in [0.3, 0.4) is 0 Å². The fourth-order valence-electron chi connectivity index (χ4n) is 1.90. The van der Waals surface area contributed by atoms with Crippen molar-refractivity contribution in [3.05, 3.63) is 47.5 Å². The Bertz CT molecular complexity index is 501. The molecule has 1 aromatic rings. The molecule has 4 nitrogen and oxygen atoms in total. The minimum absolute atomic E-state index is 0.231. The van der Waals surface area contributed by atoms with Crippen molar-refractivity contribution in [1.29, 1.82) is 0 Å². The van der Waals surface area contributed by atoms with Gasteiger partial charge in [0.15, 0.2) is 0 Å². The van der Waals surface area contributed by atoms with Crippen LogP contribution in [0.2, 0.25) is 0 Å². The number of rotatable bonds is 5. The lowest BCUT2D eigenvalue weighted by Crippen LogP contribution is -2.31. The molecule has 0 spiro atoms. The largest absolute Gasteiger partial charge is 0.478 e. The van der Waals surface area contributed by atoms with E-state index in [1.807, 2.05) is 31.2 Å². The maximum atomic E-state index is 12.0. The lowest BCUT2D eigenvalue weighted by atomic mass is 10.1. The monoisotopic (exact) mass is 259 g/mol. The maximum absolute atomic E-state index is 12.0. The average Bonchev–Trinajstić information content (AvgIpc) is 3.19. The number of hydrogen-bond acceptors (Lipinski definition) is 2. The van der Waals surface area contributed by atoms with E-state index in [9.17, 15) is 9.59 Å². The molecule has 0 saturated heterocycles.